The Balaban J connectivity index is 3.09. The van der Waals surface area contributed by atoms with Crippen LogP contribution in [-0.4, -0.2) is 23.6 Å². The summed E-state index contributed by atoms with van der Waals surface area (Å²) in [5.74, 6) is -0.981. The third kappa shape index (κ3) is 3.43. The molecule has 0 saturated heterocycles. The van der Waals surface area contributed by atoms with Gasteiger partial charge in [0.25, 0.3) is 0 Å². The van der Waals surface area contributed by atoms with Gasteiger partial charge in [0.2, 0.25) is 5.91 Å². The first-order valence-corrected chi connectivity index (χ1v) is 5.85. The Morgan fingerprint density at radius 1 is 1.44 bits per heavy atom. The van der Waals surface area contributed by atoms with E-state index in [9.17, 15) is 14.3 Å². The molecule has 0 heterocycles. The van der Waals surface area contributed by atoms with E-state index in [4.69, 9.17) is 5.73 Å². The fourth-order valence-corrected chi connectivity index (χ4v) is 1.73. The first kappa shape index (κ1) is 14.4. The molecule has 4 nitrogen and oxygen atoms in total. The number of aliphatic hydroxyl groups excluding tert-OH is 1. The topological polar surface area (TPSA) is 66.6 Å². The quantitative estimate of drug-likeness (QED) is 0.838. The number of carbonyl (C=O) groups is 1. The van der Waals surface area contributed by atoms with Crippen LogP contribution in [-0.2, 0) is 4.79 Å². The smallest absolute Gasteiger partial charge is 0.236 e. The van der Waals surface area contributed by atoms with E-state index in [0.29, 0.717) is 11.3 Å². The van der Waals surface area contributed by atoms with E-state index < -0.39 is 17.8 Å². The molecule has 5 heteroatoms. The second kappa shape index (κ2) is 5.82. The summed E-state index contributed by atoms with van der Waals surface area (Å²) in [6, 6.07) is 4.42. The van der Waals surface area contributed by atoms with Crippen molar-refractivity contribution in [1.29, 1.82) is 0 Å². The maximum absolute atomic E-state index is 14.0. The zero-order chi connectivity index (χ0) is 13.9. The standard InChI is InChI=1S/C13H19FN2O2/c1-8(2)16(7-13(15)18)12-5-4-10(9(3)17)6-11(12)14/h4-6,8-9,17H,7H2,1-3H3,(H2,15,18)/t9-/m0/s1. The summed E-state index contributed by atoms with van der Waals surface area (Å²) < 4.78 is 14.0. The lowest BCUT2D eigenvalue weighted by atomic mass is 10.1. The highest BCUT2D eigenvalue weighted by Crippen LogP contribution is 2.24. The number of nitrogens with two attached hydrogens (primary N) is 1. The second-order valence-corrected chi connectivity index (χ2v) is 4.57. The number of aliphatic hydroxyl groups is 1. The van der Waals surface area contributed by atoms with Gasteiger partial charge in [-0.3, -0.25) is 4.79 Å². The van der Waals surface area contributed by atoms with Gasteiger partial charge in [-0.05, 0) is 38.5 Å². The lowest BCUT2D eigenvalue weighted by Gasteiger charge is -2.28. The summed E-state index contributed by atoms with van der Waals surface area (Å²) >= 11 is 0. The van der Waals surface area contributed by atoms with E-state index in [0.717, 1.165) is 0 Å². The molecule has 0 aliphatic rings. The molecule has 0 aliphatic carbocycles. The molecule has 0 unspecified atom stereocenters. The van der Waals surface area contributed by atoms with Crippen molar-refractivity contribution < 1.29 is 14.3 Å². The number of halogens is 1. The second-order valence-electron chi connectivity index (χ2n) is 4.57. The Bertz CT molecular complexity index is 433. The lowest BCUT2D eigenvalue weighted by Crippen LogP contribution is -2.39. The Morgan fingerprint density at radius 3 is 2.44 bits per heavy atom. The van der Waals surface area contributed by atoms with Crippen molar-refractivity contribution >= 4 is 11.6 Å². The zero-order valence-electron chi connectivity index (χ0n) is 10.9. The summed E-state index contributed by atoms with van der Waals surface area (Å²) in [6.45, 7) is 5.23. The summed E-state index contributed by atoms with van der Waals surface area (Å²) in [5, 5.41) is 9.38. The minimum atomic E-state index is -0.725. The van der Waals surface area contributed by atoms with Crippen LogP contribution in [0, 0.1) is 5.82 Å². The molecule has 0 fully saturated rings. The van der Waals surface area contributed by atoms with Crippen LogP contribution in [0.15, 0.2) is 18.2 Å². The van der Waals surface area contributed by atoms with Crippen LogP contribution >= 0.6 is 0 Å². The van der Waals surface area contributed by atoms with Gasteiger partial charge in [0.15, 0.2) is 0 Å². The minimum Gasteiger partial charge on any atom is -0.389 e. The Hall–Kier alpha value is -1.62. The van der Waals surface area contributed by atoms with E-state index in [1.165, 1.54) is 6.07 Å². The van der Waals surface area contributed by atoms with Crippen LogP contribution in [0.2, 0.25) is 0 Å². The van der Waals surface area contributed by atoms with Gasteiger partial charge in [-0.1, -0.05) is 6.07 Å². The van der Waals surface area contributed by atoms with E-state index in [2.05, 4.69) is 0 Å². The summed E-state index contributed by atoms with van der Waals surface area (Å²) in [6.07, 6.45) is -0.725. The number of rotatable bonds is 5. The van der Waals surface area contributed by atoms with Crippen molar-refractivity contribution in [3.8, 4) is 0 Å². The van der Waals surface area contributed by atoms with Crippen molar-refractivity contribution in [3.63, 3.8) is 0 Å². The Labute approximate surface area is 106 Å². The first-order chi connectivity index (χ1) is 8.32. The SMILES string of the molecule is CC(C)N(CC(N)=O)c1ccc([C@H](C)O)cc1F. The molecule has 0 bridgehead atoms. The number of hydrogen-bond acceptors (Lipinski definition) is 3. The average molecular weight is 254 g/mol. The molecule has 1 rings (SSSR count). The van der Waals surface area contributed by atoms with Crippen LogP contribution in [0.4, 0.5) is 10.1 Å². The number of amides is 1. The normalized spacial score (nSPS) is 12.6. The van der Waals surface area contributed by atoms with Crippen LogP contribution in [0.3, 0.4) is 0 Å². The first-order valence-electron chi connectivity index (χ1n) is 5.85. The van der Waals surface area contributed by atoms with Crippen LogP contribution in [0.5, 0.6) is 0 Å². The van der Waals surface area contributed by atoms with E-state index >= 15 is 0 Å². The molecule has 1 aromatic rings. The highest BCUT2D eigenvalue weighted by molar-refractivity contribution is 5.79. The molecule has 0 saturated carbocycles. The largest absolute Gasteiger partial charge is 0.389 e. The molecular weight excluding hydrogens is 235 g/mol. The van der Waals surface area contributed by atoms with Gasteiger partial charge in [0.05, 0.1) is 18.3 Å². The molecule has 0 aliphatic heterocycles. The number of benzene rings is 1. The van der Waals surface area contributed by atoms with E-state index in [1.54, 1.807) is 24.0 Å². The molecule has 1 aromatic carbocycles. The molecule has 0 radical (unpaired) electrons. The van der Waals surface area contributed by atoms with Crippen molar-refractivity contribution in [2.45, 2.75) is 32.9 Å². The predicted octanol–water partition coefficient (Wildman–Crippen LogP) is 1.58. The summed E-state index contributed by atoms with van der Waals surface area (Å²) in [7, 11) is 0. The summed E-state index contributed by atoms with van der Waals surface area (Å²) in [5.41, 5.74) is 5.97. The Morgan fingerprint density at radius 2 is 2.06 bits per heavy atom. The molecule has 18 heavy (non-hydrogen) atoms. The van der Waals surface area contributed by atoms with Crippen LogP contribution in [0.1, 0.15) is 32.4 Å². The van der Waals surface area contributed by atoms with Crippen molar-refractivity contribution in [2.24, 2.45) is 5.73 Å². The molecule has 0 spiro atoms. The van der Waals surface area contributed by atoms with Crippen molar-refractivity contribution in [3.05, 3.63) is 29.6 Å². The van der Waals surface area contributed by atoms with Gasteiger partial charge in [0, 0.05) is 6.04 Å². The lowest BCUT2D eigenvalue weighted by molar-refractivity contribution is -0.116. The molecule has 3 N–H and O–H groups in total. The van der Waals surface area contributed by atoms with Crippen molar-refractivity contribution in [1.82, 2.24) is 0 Å². The van der Waals surface area contributed by atoms with Gasteiger partial charge in [-0.2, -0.15) is 0 Å². The van der Waals surface area contributed by atoms with Gasteiger partial charge in [-0.15, -0.1) is 0 Å². The predicted molar refractivity (Wildman–Crippen MR) is 68.7 cm³/mol. The number of hydrogen-bond donors (Lipinski definition) is 2. The fraction of sp³-hybridized carbons (Fsp3) is 0.462. The molecule has 100 valence electrons. The number of primary amides is 1. The molecule has 1 amide bonds. The van der Waals surface area contributed by atoms with Gasteiger partial charge < -0.3 is 15.7 Å². The number of carbonyl (C=O) groups excluding carboxylic acids is 1. The molecular formula is C13H19FN2O2. The van der Waals surface area contributed by atoms with Gasteiger partial charge in [-0.25, -0.2) is 4.39 Å². The maximum Gasteiger partial charge on any atom is 0.236 e. The van der Waals surface area contributed by atoms with Crippen LogP contribution < -0.4 is 10.6 Å². The third-order valence-corrected chi connectivity index (χ3v) is 2.71. The highest BCUT2D eigenvalue weighted by atomic mass is 19.1. The summed E-state index contributed by atoms with van der Waals surface area (Å²) in [4.78, 5) is 12.6. The van der Waals surface area contributed by atoms with Gasteiger partial charge >= 0.3 is 0 Å². The molecule has 0 aromatic heterocycles. The molecule has 1 atom stereocenters. The average Bonchev–Trinajstić information content (AvgIpc) is 2.25. The van der Waals surface area contributed by atoms with Gasteiger partial charge in [0.1, 0.15) is 5.82 Å². The monoisotopic (exact) mass is 254 g/mol. The Kier molecular flexibility index (Phi) is 4.67. The maximum atomic E-state index is 14.0. The number of nitrogens with zero attached hydrogens (tertiary/aromatic N) is 1. The van der Waals surface area contributed by atoms with E-state index in [-0.39, 0.29) is 12.6 Å². The zero-order valence-corrected chi connectivity index (χ0v) is 10.9. The number of anilines is 1. The highest BCUT2D eigenvalue weighted by Gasteiger charge is 2.17. The van der Waals surface area contributed by atoms with Crippen molar-refractivity contribution in [2.75, 3.05) is 11.4 Å². The van der Waals surface area contributed by atoms with Crippen LogP contribution in [0.25, 0.3) is 0 Å². The minimum absolute atomic E-state index is 0.0391. The van der Waals surface area contributed by atoms with E-state index in [1.807, 2.05) is 13.8 Å². The third-order valence-electron chi connectivity index (χ3n) is 2.71. The fourth-order valence-electron chi connectivity index (χ4n) is 1.73.